The van der Waals surface area contributed by atoms with Gasteiger partial charge in [0.15, 0.2) is 0 Å². The van der Waals surface area contributed by atoms with Gasteiger partial charge in [0.25, 0.3) is 5.91 Å². The van der Waals surface area contributed by atoms with Gasteiger partial charge in [0.05, 0.1) is 18.2 Å². The molecule has 0 bridgehead atoms. The van der Waals surface area contributed by atoms with Crippen LogP contribution in [0.15, 0.2) is 24.3 Å². The third-order valence-electron chi connectivity index (χ3n) is 3.14. The number of nitrogens with one attached hydrogen (secondary N) is 1. The first-order valence-electron chi connectivity index (χ1n) is 6.25. The van der Waals surface area contributed by atoms with Gasteiger partial charge < -0.3 is 5.32 Å². The third kappa shape index (κ3) is 3.11. The van der Waals surface area contributed by atoms with Crippen LogP contribution in [0.1, 0.15) is 17.5 Å². The van der Waals surface area contributed by atoms with Crippen LogP contribution < -0.4 is 5.32 Å². The van der Waals surface area contributed by atoms with Gasteiger partial charge in [0.1, 0.15) is 6.04 Å². The average Bonchev–Trinajstić information content (AvgIpc) is 2.73. The number of nitriles is 1. The summed E-state index contributed by atoms with van der Waals surface area (Å²) in [6, 6.07) is 8.16. The highest BCUT2D eigenvalue weighted by molar-refractivity contribution is 7.98. The van der Waals surface area contributed by atoms with Crippen molar-refractivity contribution in [2.24, 2.45) is 0 Å². The Hall–Kier alpha value is -2.00. The second-order valence-electron chi connectivity index (χ2n) is 4.52. The van der Waals surface area contributed by atoms with Gasteiger partial charge in [-0.25, -0.2) is 4.79 Å². The highest BCUT2D eigenvalue weighted by atomic mass is 32.2. The molecule has 1 N–H and O–H groups in total. The molecule has 0 saturated carbocycles. The van der Waals surface area contributed by atoms with E-state index in [0.29, 0.717) is 12.0 Å². The number of rotatable bonds is 5. The summed E-state index contributed by atoms with van der Waals surface area (Å²) in [6.45, 7) is 0.242. The second kappa shape index (κ2) is 6.44. The molecule has 0 spiro atoms. The van der Waals surface area contributed by atoms with Crippen LogP contribution in [0.4, 0.5) is 4.79 Å². The normalized spacial score (nSPS) is 18.0. The third-order valence-corrected chi connectivity index (χ3v) is 3.79. The summed E-state index contributed by atoms with van der Waals surface area (Å²) in [5.41, 5.74) is 1.39. The number of hydrogen-bond donors (Lipinski definition) is 1. The zero-order valence-electron chi connectivity index (χ0n) is 11.1. The molecule has 0 aromatic heterocycles. The van der Waals surface area contributed by atoms with E-state index in [9.17, 15) is 9.59 Å². The molecule has 104 valence electrons. The van der Waals surface area contributed by atoms with Crippen LogP contribution in [0.2, 0.25) is 0 Å². The van der Waals surface area contributed by atoms with Crippen molar-refractivity contribution in [3.05, 3.63) is 35.4 Å². The molecule has 1 aromatic rings. The van der Waals surface area contributed by atoms with Gasteiger partial charge in [-0.1, -0.05) is 12.1 Å². The molecule has 6 heteroatoms. The van der Waals surface area contributed by atoms with Gasteiger partial charge in [-0.15, -0.1) is 0 Å². The zero-order chi connectivity index (χ0) is 14.5. The van der Waals surface area contributed by atoms with Crippen LogP contribution in [-0.2, 0) is 11.3 Å². The number of urea groups is 1. The van der Waals surface area contributed by atoms with Crippen molar-refractivity contribution in [1.29, 1.82) is 5.26 Å². The fourth-order valence-electron chi connectivity index (χ4n) is 2.03. The van der Waals surface area contributed by atoms with E-state index in [4.69, 9.17) is 5.26 Å². The summed E-state index contributed by atoms with van der Waals surface area (Å²) in [5.74, 6) is 0.662. The van der Waals surface area contributed by atoms with E-state index in [1.165, 1.54) is 4.90 Å². The summed E-state index contributed by atoms with van der Waals surface area (Å²) in [6.07, 6.45) is 2.62. The minimum atomic E-state index is -0.409. The van der Waals surface area contributed by atoms with Crippen molar-refractivity contribution in [3.63, 3.8) is 0 Å². The first kappa shape index (κ1) is 14.4. The molecule has 0 radical (unpaired) electrons. The Kier molecular flexibility index (Phi) is 4.64. The second-order valence-corrected chi connectivity index (χ2v) is 5.50. The molecule has 1 fully saturated rings. The molecule has 5 nitrogen and oxygen atoms in total. The molecule has 1 aliphatic heterocycles. The molecule has 1 aliphatic rings. The summed E-state index contributed by atoms with van der Waals surface area (Å²) in [7, 11) is 0. The standard InChI is InChI=1S/C14H15N3O2S/c1-20-7-6-12-13(18)17(14(19)16-12)9-11-4-2-10(8-15)3-5-11/h2-5,12H,6-7,9H2,1H3,(H,16,19). The molecule has 20 heavy (non-hydrogen) atoms. The first-order chi connectivity index (χ1) is 9.65. The van der Waals surface area contributed by atoms with E-state index >= 15 is 0 Å². The minimum Gasteiger partial charge on any atom is -0.326 e. The van der Waals surface area contributed by atoms with E-state index in [2.05, 4.69) is 5.32 Å². The van der Waals surface area contributed by atoms with E-state index in [1.54, 1.807) is 36.0 Å². The van der Waals surface area contributed by atoms with Crippen LogP contribution in [0, 0.1) is 11.3 Å². The van der Waals surface area contributed by atoms with E-state index in [0.717, 1.165) is 11.3 Å². The molecule has 1 aromatic carbocycles. The first-order valence-corrected chi connectivity index (χ1v) is 7.65. The van der Waals surface area contributed by atoms with Gasteiger partial charge in [-0.2, -0.15) is 17.0 Å². The highest BCUT2D eigenvalue weighted by Gasteiger charge is 2.37. The van der Waals surface area contributed by atoms with E-state index in [-0.39, 0.29) is 18.5 Å². The Morgan fingerprint density at radius 1 is 1.35 bits per heavy atom. The number of hydrogen-bond acceptors (Lipinski definition) is 4. The molecular weight excluding hydrogens is 274 g/mol. The van der Waals surface area contributed by atoms with Crippen LogP contribution >= 0.6 is 11.8 Å². The van der Waals surface area contributed by atoms with Gasteiger partial charge in [-0.05, 0) is 36.1 Å². The Morgan fingerprint density at radius 3 is 2.65 bits per heavy atom. The lowest BCUT2D eigenvalue weighted by Crippen LogP contribution is -2.31. The molecule has 0 aliphatic carbocycles. The molecule has 3 amide bonds. The van der Waals surface area contributed by atoms with Gasteiger partial charge >= 0.3 is 6.03 Å². The summed E-state index contributed by atoms with van der Waals surface area (Å²) >= 11 is 1.65. The fourth-order valence-corrected chi connectivity index (χ4v) is 2.50. The van der Waals surface area contributed by atoms with Crippen molar-refractivity contribution >= 4 is 23.7 Å². The van der Waals surface area contributed by atoms with Crippen LogP contribution in [0.5, 0.6) is 0 Å². The van der Waals surface area contributed by atoms with Crippen molar-refractivity contribution < 1.29 is 9.59 Å². The lowest BCUT2D eigenvalue weighted by Gasteiger charge is -2.13. The SMILES string of the molecule is CSCCC1NC(=O)N(Cc2ccc(C#N)cc2)C1=O. The number of nitrogens with zero attached hydrogens (tertiary/aromatic N) is 2. The highest BCUT2D eigenvalue weighted by Crippen LogP contribution is 2.15. The number of thioether (sulfide) groups is 1. The number of carbonyl (C=O) groups is 2. The Bertz CT molecular complexity index is 551. The Balaban J connectivity index is 2.03. The fraction of sp³-hybridized carbons (Fsp3) is 0.357. The largest absolute Gasteiger partial charge is 0.326 e. The van der Waals surface area contributed by atoms with Crippen molar-refractivity contribution in [2.45, 2.75) is 19.0 Å². The van der Waals surface area contributed by atoms with Crippen LogP contribution in [0.25, 0.3) is 0 Å². The molecule has 1 heterocycles. The molecule has 1 atom stereocenters. The van der Waals surface area contributed by atoms with Gasteiger partial charge in [0, 0.05) is 0 Å². The summed E-state index contributed by atoms with van der Waals surface area (Å²) in [4.78, 5) is 25.2. The minimum absolute atomic E-state index is 0.173. The predicted molar refractivity (Wildman–Crippen MR) is 77.0 cm³/mol. The predicted octanol–water partition coefficient (Wildman–Crippen LogP) is 1.73. The summed E-state index contributed by atoms with van der Waals surface area (Å²) < 4.78 is 0. The Morgan fingerprint density at radius 2 is 2.05 bits per heavy atom. The molecule has 1 unspecified atom stereocenters. The van der Waals surface area contributed by atoms with Crippen molar-refractivity contribution in [3.8, 4) is 6.07 Å². The topological polar surface area (TPSA) is 73.2 Å². The van der Waals surface area contributed by atoms with E-state index < -0.39 is 6.04 Å². The van der Waals surface area contributed by atoms with E-state index in [1.807, 2.05) is 12.3 Å². The van der Waals surface area contributed by atoms with Gasteiger partial charge in [0.2, 0.25) is 0 Å². The monoisotopic (exact) mass is 289 g/mol. The quantitative estimate of drug-likeness (QED) is 0.838. The zero-order valence-corrected chi connectivity index (χ0v) is 11.9. The maximum absolute atomic E-state index is 12.1. The molecule has 1 saturated heterocycles. The number of imide groups is 1. The number of amides is 3. The summed E-state index contributed by atoms with van der Waals surface area (Å²) in [5, 5.41) is 11.4. The molecule has 2 rings (SSSR count). The maximum Gasteiger partial charge on any atom is 0.325 e. The van der Waals surface area contributed by atoms with Crippen LogP contribution in [-0.4, -0.2) is 34.9 Å². The maximum atomic E-state index is 12.1. The van der Waals surface area contributed by atoms with Crippen molar-refractivity contribution in [1.82, 2.24) is 10.2 Å². The lowest BCUT2D eigenvalue weighted by molar-refractivity contribution is -0.127. The number of carbonyl (C=O) groups excluding carboxylic acids is 2. The van der Waals surface area contributed by atoms with Gasteiger partial charge in [-0.3, -0.25) is 9.69 Å². The van der Waals surface area contributed by atoms with Crippen molar-refractivity contribution in [2.75, 3.05) is 12.0 Å². The van der Waals surface area contributed by atoms with Crippen LogP contribution in [0.3, 0.4) is 0 Å². The number of benzene rings is 1. The smallest absolute Gasteiger partial charge is 0.325 e. The molecular formula is C14H15N3O2S. The lowest BCUT2D eigenvalue weighted by atomic mass is 10.1. The Labute approximate surface area is 121 Å². The average molecular weight is 289 g/mol.